The molecule has 2 heterocycles. The molecular weight excluding hydrogens is 312 g/mol. The van der Waals surface area contributed by atoms with Crippen LogP contribution in [0.5, 0.6) is 0 Å². The second kappa shape index (κ2) is 5.76. The Kier molecular flexibility index (Phi) is 3.67. The van der Waals surface area contributed by atoms with E-state index in [0.717, 1.165) is 53.5 Å². The van der Waals surface area contributed by atoms with Crippen LogP contribution in [-0.2, 0) is 12.8 Å². The zero-order valence-corrected chi connectivity index (χ0v) is 15.0. The third-order valence-electron chi connectivity index (χ3n) is 5.23. The van der Waals surface area contributed by atoms with Crippen molar-refractivity contribution in [2.75, 3.05) is 5.73 Å². The number of rotatable bonds is 2. The van der Waals surface area contributed by atoms with Crippen molar-refractivity contribution in [1.29, 1.82) is 0 Å². The van der Waals surface area contributed by atoms with E-state index in [1.165, 1.54) is 0 Å². The van der Waals surface area contributed by atoms with E-state index in [1.54, 1.807) is 4.68 Å². The van der Waals surface area contributed by atoms with Crippen LogP contribution in [0.15, 0.2) is 24.3 Å². The number of aryl methyl sites for hydroxylation is 1. The van der Waals surface area contributed by atoms with E-state index < -0.39 is 0 Å². The molecule has 25 heavy (non-hydrogen) atoms. The summed E-state index contributed by atoms with van der Waals surface area (Å²) in [4.78, 5) is 13.3. The molecule has 2 aromatic heterocycles. The second-order valence-electron chi connectivity index (χ2n) is 7.22. The van der Waals surface area contributed by atoms with Gasteiger partial charge < -0.3 is 10.3 Å². The summed E-state index contributed by atoms with van der Waals surface area (Å²) in [6.45, 7) is 6.40. The lowest BCUT2D eigenvalue weighted by Gasteiger charge is -2.14. The van der Waals surface area contributed by atoms with Gasteiger partial charge in [0.1, 0.15) is 5.82 Å². The number of nitrogen functional groups attached to an aromatic ring is 1. The summed E-state index contributed by atoms with van der Waals surface area (Å²) < 4.78 is 3.81. The maximum atomic E-state index is 13.3. The Morgan fingerprint density at radius 1 is 1.24 bits per heavy atom. The molecule has 130 valence electrons. The summed E-state index contributed by atoms with van der Waals surface area (Å²) in [6, 6.07) is 8.36. The van der Waals surface area contributed by atoms with E-state index in [4.69, 9.17) is 5.73 Å². The second-order valence-corrected chi connectivity index (χ2v) is 7.22. The van der Waals surface area contributed by atoms with Gasteiger partial charge in [-0.1, -0.05) is 6.07 Å². The Morgan fingerprint density at radius 3 is 2.76 bits per heavy atom. The Bertz CT molecular complexity index is 977. The molecule has 2 N–H and O–H groups in total. The van der Waals surface area contributed by atoms with Crippen molar-refractivity contribution in [3.05, 3.63) is 46.8 Å². The van der Waals surface area contributed by atoms with Gasteiger partial charge in [0.15, 0.2) is 0 Å². The summed E-state index contributed by atoms with van der Waals surface area (Å²) in [5, 5.41) is 5.36. The van der Waals surface area contributed by atoms with E-state index in [1.807, 2.05) is 12.1 Å². The summed E-state index contributed by atoms with van der Waals surface area (Å²) in [6.07, 6.45) is 3.98. The number of benzene rings is 1. The van der Waals surface area contributed by atoms with E-state index in [9.17, 15) is 4.79 Å². The highest BCUT2D eigenvalue weighted by Gasteiger charge is 2.25. The Hall–Kier alpha value is -2.56. The first kappa shape index (κ1) is 15.9. The Morgan fingerprint density at radius 2 is 2.00 bits per heavy atom. The third-order valence-corrected chi connectivity index (χ3v) is 5.23. The van der Waals surface area contributed by atoms with Crippen LogP contribution in [-0.4, -0.2) is 20.3 Å². The molecule has 0 atom stereocenters. The van der Waals surface area contributed by atoms with Crippen molar-refractivity contribution in [3.8, 4) is 0 Å². The van der Waals surface area contributed by atoms with Crippen molar-refractivity contribution in [2.45, 2.75) is 52.5 Å². The van der Waals surface area contributed by atoms with Gasteiger partial charge in [0.2, 0.25) is 0 Å². The molecule has 1 aliphatic rings. The lowest BCUT2D eigenvalue weighted by Crippen LogP contribution is -2.18. The van der Waals surface area contributed by atoms with Crippen molar-refractivity contribution in [2.24, 2.45) is 0 Å². The number of hydrogen-bond donors (Lipinski definition) is 1. The molecule has 0 fully saturated rings. The summed E-state index contributed by atoms with van der Waals surface area (Å²) in [5.41, 5.74) is 11.1. The fraction of sp³-hybridized carbons (Fsp3) is 0.400. The molecule has 0 unspecified atom stereocenters. The average Bonchev–Trinajstić information content (AvgIpc) is 3.11. The minimum atomic E-state index is -0.0821. The zero-order valence-electron chi connectivity index (χ0n) is 15.0. The molecule has 3 aromatic rings. The summed E-state index contributed by atoms with van der Waals surface area (Å²) in [5.74, 6) is 0.424. The van der Waals surface area contributed by atoms with Gasteiger partial charge in [-0.25, -0.2) is 0 Å². The molecule has 5 nitrogen and oxygen atoms in total. The van der Waals surface area contributed by atoms with Gasteiger partial charge in [-0.05, 0) is 64.7 Å². The van der Waals surface area contributed by atoms with Crippen LogP contribution in [0.3, 0.4) is 0 Å². The molecule has 5 heteroatoms. The van der Waals surface area contributed by atoms with E-state index in [2.05, 4.69) is 42.6 Å². The third kappa shape index (κ3) is 2.37. The normalized spacial score (nSPS) is 14.2. The molecule has 0 bridgehead atoms. The van der Waals surface area contributed by atoms with E-state index in [0.29, 0.717) is 17.4 Å². The molecule has 0 amide bonds. The van der Waals surface area contributed by atoms with Crippen molar-refractivity contribution < 1.29 is 4.79 Å². The van der Waals surface area contributed by atoms with Crippen molar-refractivity contribution >= 4 is 22.6 Å². The van der Waals surface area contributed by atoms with Crippen LogP contribution in [0.4, 0.5) is 5.82 Å². The number of hydrogen-bond acceptors (Lipinski definition) is 3. The van der Waals surface area contributed by atoms with Crippen LogP contribution in [0.1, 0.15) is 60.0 Å². The molecule has 0 aliphatic heterocycles. The number of nitrogens with zero attached hydrogens (tertiary/aromatic N) is 3. The van der Waals surface area contributed by atoms with E-state index in [-0.39, 0.29) is 5.91 Å². The number of carbonyl (C=O) groups is 1. The quantitative estimate of drug-likeness (QED) is 0.772. The molecule has 1 aromatic carbocycles. The minimum absolute atomic E-state index is 0.0821. The predicted molar refractivity (Wildman–Crippen MR) is 100 cm³/mol. The van der Waals surface area contributed by atoms with Crippen LogP contribution < -0.4 is 5.73 Å². The molecular formula is C20H24N4O. The molecule has 0 radical (unpaired) electrons. The van der Waals surface area contributed by atoms with Gasteiger partial charge in [-0.3, -0.25) is 4.79 Å². The van der Waals surface area contributed by atoms with Gasteiger partial charge in [-0.15, -0.1) is 5.10 Å². The lowest BCUT2D eigenvalue weighted by atomic mass is 9.97. The standard InChI is InChI=1S/C20H24N4O/c1-12(2)23-13(3)11-16-14(8-6-10-17(16)23)20(25)24-18-9-5-4-7-15(18)19(21)22-24/h6,8,10-12H,4-5,7,9H2,1-3H3,(H2,21,22). The minimum Gasteiger partial charge on any atom is -0.382 e. The monoisotopic (exact) mass is 336 g/mol. The van der Waals surface area contributed by atoms with Crippen LogP contribution in [0.2, 0.25) is 0 Å². The summed E-state index contributed by atoms with van der Waals surface area (Å²) >= 11 is 0. The number of nitrogens with two attached hydrogens (primary N) is 1. The molecule has 4 rings (SSSR count). The molecule has 0 saturated heterocycles. The zero-order chi connectivity index (χ0) is 17.7. The highest BCUT2D eigenvalue weighted by Crippen LogP contribution is 2.30. The predicted octanol–water partition coefficient (Wildman–Crippen LogP) is 3.88. The number of fused-ring (bicyclic) bond motifs is 2. The highest BCUT2D eigenvalue weighted by molar-refractivity contribution is 6.08. The van der Waals surface area contributed by atoms with Crippen molar-refractivity contribution in [1.82, 2.24) is 14.3 Å². The topological polar surface area (TPSA) is 65.8 Å². The first-order valence-electron chi connectivity index (χ1n) is 9.00. The highest BCUT2D eigenvalue weighted by atomic mass is 16.2. The first-order chi connectivity index (χ1) is 12.0. The van der Waals surface area contributed by atoms with Crippen LogP contribution in [0.25, 0.3) is 10.9 Å². The number of aromatic nitrogens is 3. The lowest BCUT2D eigenvalue weighted by molar-refractivity contribution is 0.0943. The molecule has 1 aliphatic carbocycles. The largest absolute Gasteiger partial charge is 0.382 e. The summed E-state index contributed by atoms with van der Waals surface area (Å²) in [7, 11) is 0. The first-order valence-corrected chi connectivity index (χ1v) is 9.00. The SMILES string of the molecule is Cc1cc2c(C(=O)n3nc(N)c4c3CCCC4)cccc2n1C(C)C. The fourth-order valence-corrected chi connectivity index (χ4v) is 4.16. The number of carbonyl (C=O) groups excluding carboxylic acids is 1. The number of anilines is 1. The fourth-order valence-electron chi connectivity index (χ4n) is 4.16. The van der Waals surface area contributed by atoms with Gasteiger partial charge >= 0.3 is 0 Å². The van der Waals surface area contributed by atoms with Gasteiger partial charge in [0.05, 0.1) is 11.3 Å². The van der Waals surface area contributed by atoms with Crippen molar-refractivity contribution in [3.63, 3.8) is 0 Å². The molecule has 0 saturated carbocycles. The van der Waals surface area contributed by atoms with Crippen LogP contribution >= 0.6 is 0 Å². The van der Waals surface area contributed by atoms with Crippen LogP contribution in [0, 0.1) is 6.92 Å². The average molecular weight is 336 g/mol. The van der Waals surface area contributed by atoms with Gasteiger partial charge in [-0.2, -0.15) is 4.68 Å². The van der Waals surface area contributed by atoms with Gasteiger partial charge in [0.25, 0.3) is 5.91 Å². The van der Waals surface area contributed by atoms with Gasteiger partial charge in [0, 0.05) is 28.2 Å². The molecule has 0 spiro atoms. The smallest absolute Gasteiger partial charge is 0.279 e. The Labute approximate surface area is 147 Å². The Balaban J connectivity index is 1.88. The van der Waals surface area contributed by atoms with E-state index >= 15 is 0 Å². The maximum absolute atomic E-state index is 13.3. The maximum Gasteiger partial charge on any atom is 0.279 e.